The zero-order chi connectivity index (χ0) is 28.0. The molecule has 0 saturated heterocycles. The maximum Gasteiger partial charge on any atom is 0.331 e. The van der Waals surface area contributed by atoms with Gasteiger partial charge in [0.15, 0.2) is 17.5 Å². The Morgan fingerprint density at radius 1 is 1.24 bits per heavy atom. The van der Waals surface area contributed by atoms with Gasteiger partial charge in [-0.1, -0.05) is 33.8 Å². The first-order chi connectivity index (χ1) is 17.7. The molecule has 3 aliphatic rings. The first-order valence-electron chi connectivity index (χ1n) is 12.9. The van der Waals surface area contributed by atoms with E-state index < -0.39 is 46.4 Å². The van der Waals surface area contributed by atoms with Crippen LogP contribution in [0.3, 0.4) is 0 Å². The van der Waals surface area contributed by atoms with Crippen molar-refractivity contribution in [1.29, 1.82) is 0 Å². The average molecular weight is 529 g/mol. The van der Waals surface area contributed by atoms with Crippen LogP contribution in [0.1, 0.15) is 72.0 Å². The van der Waals surface area contributed by atoms with E-state index in [4.69, 9.17) is 18.6 Å². The lowest BCUT2D eigenvalue weighted by Crippen LogP contribution is -2.62. The molecule has 0 aromatic carbocycles. The quantitative estimate of drug-likeness (QED) is 0.331. The number of rotatable bonds is 6. The summed E-state index contributed by atoms with van der Waals surface area (Å²) in [5.74, 6) is -2.36. The third-order valence-electron chi connectivity index (χ3n) is 8.62. The number of cyclic esters (lactones) is 1. The third kappa shape index (κ3) is 4.61. The van der Waals surface area contributed by atoms with Crippen LogP contribution in [0.4, 0.5) is 0 Å². The van der Waals surface area contributed by atoms with Crippen LogP contribution in [0.15, 0.2) is 46.3 Å². The van der Waals surface area contributed by atoms with E-state index in [0.29, 0.717) is 24.0 Å². The maximum atomic E-state index is 13.6. The van der Waals surface area contributed by atoms with Crippen molar-refractivity contribution in [2.75, 3.05) is 7.11 Å². The van der Waals surface area contributed by atoms with Gasteiger partial charge in [0, 0.05) is 36.8 Å². The van der Waals surface area contributed by atoms with Gasteiger partial charge in [-0.25, -0.2) is 4.79 Å². The van der Waals surface area contributed by atoms with Gasteiger partial charge in [0.25, 0.3) is 0 Å². The third-order valence-corrected chi connectivity index (χ3v) is 8.62. The second-order valence-corrected chi connectivity index (χ2v) is 11.6. The Labute approximate surface area is 222 Å². The maximum absolute atomic E-state index is 13.6. The van der Waals surface area contributed by atoms with E-state index >= 15 is 0 Å². The van der Waals surface area contributed by atoms with Crippen molar-refractivity contribution < 1.29 is 42.9 Å². The fourth-order valence-electron chi connectivity index (χ4n) is 6.77. The molecule has 2 heterocycles. The molecule has 1 saturated carbocycles. The van der Waals surface area contributed by atoms with Gasteiger partial charge in [-0.3, -0.25) is 14.4 Å². The molecule has 0 amide bonds. The standard InChI is InChI=1S/C29H36O9/c1-16-11-19(14-27(3,4)20(16)12-23(32)35-6)26(37-17(2)30)29(34)21-13-24(33)38-25(18-8-10-36-15-18)28(21,5)9-7-22(29)31/h8,10,13-16,20,25-26,34H,7,9,11-12H2,1-6H3. The summed E-state index contributed by atoms with van der Waals surface area (Å²) in [5.41, 5.74) is -2.45. The summed E-state index contributed by atoms with van der Waals surface area (Å²) in [4.78, 5) is 50.9. The number of hydrogen-bond donors (Lipinski definition) is 1. The highest BCUT2D eigenvalue weighted by Gasteiger charge is 2.63. The summed E-state index contributed by atoms with van der Waals surface area (Å²) in [6, 6.07) is 1.68. The number of carbonyl (C=O) groups is 4. The van der Waals surface area contributed by atoms with Crippen LogP contribution in [0.2, 0.25) is 0 Å². The van der Waals surface area contributed by atoms with Crippen LogP contribution < -0.4 is 0 Å². The SMILES string of the molecule is COC(=O)CC1C(C)CC(C(OC(C)=O)C2(O)C(=O)CCC3(C)C2=CC(=O)OC3c2ccoc2)=CC1(C)C. The van der Waals surface area contributed by atoms with Crippen molar-refractivity contribution in [1.82, 2.24) is 0 Å². The molecule has 2 aliphatic carbocycles. The largest absolute Gasteiger partial charge is 0.472 e. The van der Waals surface area contributed by atoms with Crippen LogP contribution in [0.5, 0.6) is 0 Å². The van der Waals surface area contributed by atoms with Gasteiger partial charge in [-0.15, -0.1) is 0 Å². The summed E-state index contributed by atoms with van der Waals surface area (Å²) in [6.45, 7) is 8.96. The fourth-order valence-corrected chi connectivity index (χ4v) is 6.77. The molecule has 1 aliphatic heterocycles. The number of allylic oxidation sites excluding steroid dienone is 1. The van der Waals surface area contributed by atoms with Crippen LogP contribution in [0, 0.1) is 22.7 Å². The van der Waals surface area contributed by atoms with Crippen LogP contribution >= 0.6 is 0 Å². The number of furan rings is 1. The molecule has 1 N–H and O–H groups in total. The van der Waals surface area contributed by atoms with Crippen molar-refractivity contribution in [3.8, 4) is 0 Å². The zero-order valence-electron chi connectivity index (χ0n) is 22.7. The second kappa shape index (κ2) is 9.84. The lowest BCUT2D eigenvalue weighted by molar-refractivity contribution is -0.173. The molecule has 9 nitrogen and oxygen atoms in total. The van der Waals surface area contributed by atoms with Crippen LogP contribution in [-0.4, -0.2) is 47.6 Å². The highest BCUT2D eigenvalue weighted by atomic mass is 16.6. The molecule has 0 radical (unpaired) electrons. The molecule has 6 atom stereocenters. The zero-order valence-corrected chi connectivity index (χ0v) is 22.7. The summed E-state index contributed by atoms with van der Waals surface area (Å²) in [6.07, 6.45) is 4.73. The van der Waals surface area contributed by atoms with Gasteiger partial charge in [0.05, 0.1) is 19.6 Å². The van der Waals surface area contributed by atoms with Gasteiger partial charge in [0.1, 0.15) is 6.10 Å². The minimum atomic E-state index is -2.28. The molecular weight excluding hydrogens is 492 g/mol. The summed E-state index contributed by atoms with van der Waals surface area (Å²) < 4.78 is 21.6. The lowest BCUT2D eigenvalue weighted by atomic mass is 9.56. The molecule has 206 valence electrons. The Kier molecular flexibility index (Phi) is 7.20. The minimum Gasteiger partial charge on any atom is -0.472 e. The predicted molar refractivity (Wildman–Crippen MR) is 134 cm³/mol. The second-order valence-electron chi connectivity index (χ2n) is 11.6. The van der Waals surface area contributed by atoms with Crippen molar-refractivity contribution in [2.45, 2.75) is 78.1 Å². The number of Topliss-reactive ketones (excluding diaryl/α,β-unsaturated/α-hetero) is 1. The highest BCUT2D eigenvalue weighted by molar-refractivity contribution is 5.97. The molecule has 1 aromatic heterocycles. The Bertz CT molecular complexity index is 1190. The first-order valence-corrected chi connectivity index (χ1v) is 12.9. The van der Waals surface area contributed by atoms with E-state index in [2.05, 4.69) is 0 Å². The number of hydrogen-bond acceptors (Lipinski definition) is 9. The Hall–Kier alpha value is -3.20. The van der Waals surface area contributed by atoms with Gasteiger partial charge >= 0.3 is 17.9 Å². The van der Waals surface area contributed by atoms with E-state index in [0.717, 1.165) is 0 Å². The Balaban J connectivity index is 1.84. The molecule has 0 spiro atoms. The van der Waals surface area contributed by atoms with Gasteiger partial charge in [-0.05, 0) is 47.3 Å². The number of fused-ring (bicyclic) bond motifs is 1. The summed E-state index contributed by atoms with van der Waals surface area (Å²) in [5, 5.41) is 12.4. The number of ketones is 1. The van der Waals surface area contributed by atoms with Crippen molar-refractivity contribution in [2.24, 2.45) is 22.7 Å². The molecule has 9 heteroatoms. The minimum absolute atomic E-state index is 0.00873. The Morgan fingerprint density at radius 2 is 1.95 bits per heavy atom. The van der Waals surface area contributed by atoms with Gasteiger partial charge < -0.3 is 23.7 Å². The monoisotopic (exact) mass is 528 g/mol. The molecule has 1 aromatic rings. The average Bonchev–Trinajstić information content (AvgIpc) is 3.37. The number of esters is 3. The van der Waals surface area contributed by atoms with Gasteiger partial charge in [-0.2, -0.15) is 0 Å². The highest BCUT2D eigenvalue weighted by Crippen LogP contribution is 2.58. The molecule has 38 heavy (non-hydrogen) atoms. The fraction of sp³-hybridized carbons (Fsp3) is 0.586. The van der Waals surface area contributed by atoms with E-state index in [9.17, 15) is 24.3 Å². The molecule has 1 fully saturated rings. The van der Waals surface area contributed by atoms with Crippen molar-refractivity contribution >= 4 is 23.7 Å². The van der Waals surface area contributed by atoms with Crippen molar-refractivity contribution in [3.05, 3.63) is 47.5 Å². The first kappa shape index (κ1) is 27.8. The number of ether oxygens (including phenoxy) is 3. The molecular formula is C29H36O9. The lowest BCUT2D eigenvalue weighted by Gasteiger charge is -2.52. The number of aliphatic hydroxyl groups is 1. The summed E-state index contributed by atoms with van der Waals surface area (Å²) in [7, 11) is 1.35. The number of carbonyl (C=O) groups excluding carboxylic acids is 4. The summed E-state index contributed by atoms with van der Waals surface area (Å²) >= 11 is 0. The van der Waals surface area contributed by atoms with Crippen LogP contribution in [0.25, 0.3) is 0 Å². The van der Waals surface area contributed by atoms with E-state index in [-0.39, 0.29) is 36.2 Å². The van der Waals surface area contributed by atoms with E-state index in [1.165, 1.54) is 32.6 Å². The number of methoxy groups -OCH3 is 1. The Morgan fingerprint density at radius 3 is 2.53 bits per heavy atom. The molecule has 4 rings (SSSR count). The van der Waals surface area contributed by atoms with Crippen LogP contribution in [-0.2, 0) is 33.4 Å². The van der Waals surface area contributed by atoms with Crippen molar-refractivity contribution in [3.63, 3.8) is 0 Å². The van der Waals surface area contributed by atoms with E-state index in [1.807, 2.05) is 33.8 Å². The normalized spacial score (nSPS) is 33.3. The van der Waals surface area contributed by atoms with Gasteiger partial charge in [0.2, 0.25) is 0 Å². The molecule has 6 unspecified atom stereocenters. The van der Waals surface area contributed by atoms with E-state index in [1.54, 1.807) is 6.07 Å². The topological polar surface area (TPSA) is 129 Å². The smallest absolute Gasteiger partial charge is 0.331 e. The molecule has 0 bridgehead atoms. The predicted octanol–water partition coefficient (Wildman–Crippen LogP) is 4.01.